The highest BCUT2D eigenvalue weighted by Gasteiger charge is 2.07. The molecule has 0 aliphatic carbocycles. The normalized spacial score (nSPS) is 11.0. The van der Waals surface area contributed by atoms with Crippen molar-refractivity contribution in [1.82, 2.24) is 4.98 Å². The fraction of sp³-hybridized carbons (Fsp3) is 0.158. The highest BCUT2D eigenvalue weighted by Crippen LogP contribution is 2.28. The van der Waals surface area contributed by atoms with Crippen molar-refractivity contribution in [2.75, 3.05) is 12.5 Å². The van der Waals surface area contributed by atoms with E-state index in [2.05, 4.69) is 47.6 Å². The van der Waals surface area contributed by atoms with Gasteiger partial charge in [0.2, 0.25) is 5.13 Å². The molecule has 24 heavy (non-hydrogen) atoms. The molecule has 122 valence electrons. The summed E-state index contributed by atoms with van der Waals surface area (Å²) < 4.78 is 5.20. The first kappa shape index (κ1) is 16.2. The molecule has 0 bridgehead atoms. The third-order valence-electron chi connectivity index (χ3n) is 3.64. The number of nitrogens with zero attached hydrogens (tertiary/aromatic N) is 2. The van der Waals surface area contributed by atoms with Gasteiger partial charge < -0.3 is 4.74 Å². The van der Waals surface area contributed by atoms with Crippen LogP contribution in [0.1, 0.15) is 16.7 Å². The maximum absolute atomic E-state index is 5.20. The maximum Gasteiger partial charge on any atom is 0.203 e. The number of benzene rings is 2. The second-order valence-corrected chi connectivity index (χ2v) is 6.36. The Balaban J connectivity index is 1.72. The molecule has 1 heterocycles. The highest BCUT2D eigenvalue weighted by atomic mass is 32.1. The van der Waals surface area contributed by atoms with Gasteiger partial charge in [0.1, 0.15) is 5.75 Å². The van der Waals surface area contributed by atoms with Crippen LogP contribution >= 0.6 is 11.3 Å². The predicted molar refractivity (Wildman–Crippen MR) is 101 cm³/mol. The van der Waals surface area contributed by atoms with Gasteiger partial charge in [0, 0.05) is 10.9 Å². The van der Waals surface area contributed by atoms with Gasteiger partial charge in [0.05, 0.1) is 19.0 Å². The van der Waals surface area contributed by atoms with E-state index in [0.717, 1.165) is 27.7 Å². The highest BCUT2D eigenvalue weighted by molar-refractivity contribution is 7.14. The first-order valence-corrected chi connectivity index (χ1v) is 8.50. The summed E-state index contributed by atoms with van der Waals surface area (Å²) in [5.41, 5.74) is 8.54. The van der Waals surface area contributed by atoms with Crippen LogP contribution in [0.25, 0.3) is 11.3 Å². The molecule has 0 unspecified atom stereocenters. The summed E-state index contributed by atoms with van der Waals surface area (Å²) in [7, 11) is 1.65. The van der Waals surface area contributed by atoms with Gasteiger partial charge in [-0.15, -0.1) is 11.3 Å². The van der Waals surface area contributed by atoms with E-state index in [1.54, 1.807) is 24.7 Å². The van der Waals surface area contributed by atoms with Crippen molar-refractivity contribution in [1.29, 1.82) is 0 Å². The number of hydrogen-bond acceptors (Lipinski definition) is 5. The van der Waals surface area contributed by atoms with Gasteiger partial charge in [0.15, 0.2) is 0 Å². The Bertz CT molecular complexity index is 871. The number of aryl methyl sites for hydroxylation is 2. The smallest absolute Gasteiger partial charge is 0.203 e. The molecule has 0 atom stereocenters. The van der Waals surface area contributed by atoms with Crippen LogP contribution in [0.4, 0.5) is 5.13 Å². The van der Waals surface area contributed by atoms with Crippen molar-refractivity contribution in [3.8, 4) is 17.0 Å². The van der Waals surface area contributed by atoms with Crippen LogP contribution in [-0.4, -0.2) is 18.3 Å². The molecule has 4 nitrogen and oxygen atoms in total. The molecule has 1 N–H and O–H groups in total. The molecule has 0 fully saturated rings. The number of hydrogen-bond donors (Lipinski definition) is 1. The zero-order chi connectivity index (χ0) is 16.9. The monoisotopic (exact) mass is 337 g/mol. The molecule has 5 heteroatoms. The lowest BCUT2D eigenvalue weighted by Gasteiger charge is -2.03. The number of aromatic nitrogens is 1. The van der Waals surface area contributed by atoms with E-state index < -0.39 is 0 Å². The van der Waals surface area contributed by atoms with Crippen LogP contribution in [0.5, 0.6) is 5.75 Å². The Kier molecular flexibility index (Phi) is 4.91. The van der Waals surface area contributed by atoms with Crippen LogP contribution in [0, 0.1) is 13.8 Å². The molecule has 0 amide bonds. The van der Waals surface area contributed by atoms with Gasteiger partial charge in [-0.3, -0.25) is 5.43 Å². The Morgan fingerprint density at radius 3 is 2.88 bits per heavy atom. The summed E-state index contributed by atoms with van der Waals surface area (Å²) in [5.74, 6) is 0.811. The van der Waals surface area contributed by atoms with E-state index in [0.29, 0.717) is 0 Å². The molecule has 0 spiro atoms. The average molecular weight is 337 g/mol. The van der Waals surface area contributed by atoms with Crippen molar-refractivity contribution < 1.29 is 4.74 Å². The summed E-state index contributed by atoms with van der Waals surface area (Å²) in [6.07, 6.45) is 1.75. The molecule has 0 saturated heterocycles. The van der Waals surface area contributed by atoms with Crippen molar-refractivity contribution in [3.05, 3.63) is 64.5 Å². The molecule has 0 aliphatic rings. The topological polar surface area (TPSA) is 46.5 Å². The summed E-state index contributed by atoms with van der Waals surface area (Å²) >= 11 is 1.54. The Morgan fingerprint density at radius 2 is 2.04 bits per heavy atom. The number of hydrazone groups is 1. The Morgan fingerprint density at radius 1 is 1.17 bits per heavy atom. The van der Waals surface area contributed by atoms with Crippen molar-refractivity contribution in [2.24, 2.45) is 5.10 Å². The Labute approximate surface area is 145 Å². The second kappa shape index (κ2) is 7.27. The zero-order valence-electron chi connectivity index (χ0n) is 13.9. The van der Waals surface area contributed by atoms with E-state index in [1.165, 1.54) is 11.1 Å². The van der Waals surface area contributed by atoms with Crippen LogP contribution in [0.2, 0.25) is 0 Å². The third kappa shape index (κ3) is 3.81. The van der Waals surface area contributed by atoms with Crippen molar-refractivity contribution in [2.45, 2.75) is 13.8 Å². The van der Waals surface area contributed by atoms with E-state index in [9.17, 15) is 0 Å². The van der Waals surface area contributed by atoms with Gasteiger partial charge in [-0.25, -0.2) is 4.98 Å². The van der Waals surface area contributed by atoms with E-state index >= 15 is 0 Å². The van der Waals surface area contributed by atoms with Gasteiger partial charge in [-0.2, -0.15) is 5.10 Å². The van der Waals surface area contributed by atoms with Crippen LogP contribution < -0.4 is 10.2 Å². The molecule has 0 aliphatic heterocycles. The van der Waals surface area contributed by atoms with Crippen LogP contribution in [-0.2, 0) is 0 Å². The molecule has 2 aromatic carbocycles. The number of rotatable bonds is 5. The molecule has 0 radical (unpaired) electrons. The summed E-state index contributed by atoms with van der Waals surface area (Å²) in [5, 5.41) is 7.07. The minimum Gasteiger partial charge on any atom is -0.497 e. The lowest BCUT2D eigenvalue weighted by molar-refractivity contribution is 0.415. The zero-order valence-corrected chi connectivity index (χ0v) is 14.7. The first-order chi connectivity index (χ1) is 11.7. The average Bonchev–Trinajstić information content (AvgIpc) is 3.06. The fourth-order valence-corrected chi connectivity index (χ4v) is 3.00. The van der Waals surface area contributed by atoms with Gasteiger partial charge in [-0.05, 0) is 43.2 Å². The van der Waals surface area contributed by atoms with Gasteiger partial charge in [0.25, 0.3) is 0 Å². The minimum absolute atomic E-state index is 0.769. The molecule has 3 aromatic rings. The van der Waals surface area contributed by atoms with Crippen molar-refractivity contribution >= 4 is 22.7 Å². The molecule has 1 aromatic heterocycles. The molecular formula is C19H19N3OS. The molecule has 0 saturated carbocycles. The fourth-order valence-electron chi connectivity index (χ4n) is 2.34. The minimum atomic E-state index is 0.769. The SMILES string of the molecule is COc1cccc(C=NNc2nc(-c3cc(C)ccc3C)cs2)c1. The number of ether oxygens (including phenoxy) is 1. The standard InChI is InChI=1S/C19H19N3OS/c1-13-7-8-14(2)17(9-13)18-12-24-19(21-18)22-20-11-15-5-4-6-16(10-15)23-3/h4-12H,1-3H3,(H,21,22). The Hall–Kier alpha value is -2.66. The van der Waals surface area contributed by atoms with Gasteiger partial charge in [-0.1, -0.05) is 29.8 Å². The van der Waals surface area contributed by atoms with Crippen LogP contribution in [0.15, 0.2) is 52.9 Å². The quantitative estimate of drug-likeness (QED) is 0.533. The second-order valence-electron chi connectivity index (χ2n) is 5.50. The van der Waals surface area contributed by atoms with Crippen LogP contribution in [0.3, 0.4) is 0 Å². The van der Waals surface area contributed by atoms with E-state index in [1.807, 2.05) is 29.6 Å². The summed E-state index contributed by atoms with van der Waals surface area (Å²) in [6.45, 7) is 4.19. The van der Waals surface area contributed by atoms with E-state index in [4.69, 9.17) is 4.74 Å². The number of methoxy groups -OCH3 is 1. The van der Waals surface area contributed by atoms with Crippen molar-refractivity contribution in [3.63, 3.8) is 0 Å². The number of nitrogens with one attached hydrogen (secondary N) is 1. The lowest BCUT2D eigenvalue weighted by Crippen LogP contribution is -1.91. The molecule has 3 rings (SSSR count). The summed E-state index contributed by atoms with van der Waals surface area (Å²) in [6, 6.07) is 14.1. The predicted octanol–water partition coefficient (Wildman–Crippen LogP) is 4.88. The maximum atomic E-state index is 5.20. The largest absolute Gasteiger partial charge is 0.497 e. The van der Waals surface area contributed by atoms with E-state index in [-0.39, 0.29) is 0 Å². The lowest BCUT2D eigenvalue weighted by atomic mass is 10.0. The number of thiazole rings is 1. The first-order valence-electron chi connectivity index (χ1n) is 7.62. The third-order valence-corrected chi connectivity index (χ3v) is 4.39. The van der Waals surface area contributed by atoms with Gasteiger partial charge >= 0.3 is 0 Å². The number of anilines is 1. The summed E-state index contributed by atoms with van der Waals surface area (Å²) in [4.78, 5) is 4.62. The molecular weight excluding hydrogens is 318 g/mol.